The molecule has 2 unspecified atom stereocenters. The lowest BCUT2D eigenvalue weighted by Gasteiger charge is -2.20. The average molecular weight is 269 g/mol. The van der Waals surface area contributed by atoms with Crippen LogP contribution in [-0.4, -0.2) is 24.3 Å². The van der Waals surface area contributed by atoms with Gasteiger partial charge in [-0.25, -0.2) is 0 Å². The molecule has 96 valence electrons. The lowest BCUT2D eigenvalue weighted by Crippen LogP contribution is -2.29. The largest absolute Gasteiger partial charge is 0.308 e. The first-order valence-corrected chi connectivity index (χ1v) is 8.68. The van der Waals surface area contributed by atoms with Crippen molar-refractivity contribution in [2.45, 2.75) is 37.2 Å². The van der Waals surface area contributed by atoms with E-state index in [1.807, 2.05) is 11.8 Å². The van der Waals surface area contributed by atoms with E-state index in [1.54, 1.807) is 11.8 Å². The van der Waals surface area contributed by atoms with Gasteiger partial charge < -0.3 is 5.32 Å². The second kappa shape index (κ2) is 8.06. The topological polar surface area (TPSA) is 12.0 Å². The van der Waals surface area contributed by atoms with Crippen LogP contribution in [-0.2, 0) is 0 Å². The predicted octanol–water partition coefficient (Wildman–Crippen LogP) is 4.20. The van der Waals surface area contributed by atoms with Crippen molar-refractivity contribution in [1.82, 2.24) is 5.32 Å². The van der Waals surface area contributed by atoms with Crippen molar-refractivity contribution in [3.63, 3.8) is 0 Å². The van der Waals surface area contributed by atoms with E-state index in [4.69, 9.17) is 0 Å². The van der Waals surface area contributed by atoms with Crippen molar-refractivity contribution in [3.05, 3.63) is 29.8 Å². The first-order valence-electron chi connectivity index (χ1n) is 6.06. The maximum Gasteiger partial charge on any atom is 0.0294 e. The predicted molar refractivity (Wildman–Crippen MR) is 82.2 cm³/mol. The zero-order valence-corrected chi connectivity index (χ0v) is 12.8. The van der Waals surface area contributed by atoms with E-state index in [0.717, 1.165) is 0 Å². The Morgan fingerprint density at radius 3 is 2.29 bits per heavy atom. The minimum Gasteiger partial charge on any atom is -0.308 e. The summed E-state index contributed by atoms with van der Waals surface area (Å²) in [5.74, 6) is 1.23. The Morgan fingerprint density at radius 1 is 1.12 bits per heavy atom. The third kappa shape index (κ3) is 5.36. The van der Waals surface area contributed by atoms with Crippen LogP contribution in [0.4, 0.5) is 0 Å². The fourth-order valence-corrected chi connectivity index (χ4v) is 2.79. The number of hydrogen-bond donors (Lipinski definition) is 1. The Labute approximate surface area is 114 Å². The van der Waals surface area contributed by atoms with Crippen LogP contribution in [0.1, 0.15) is 31.9 Å². The van der Waals surface area contributed by atoms with Crippen LogP contribution < -0.4 is 5.32 Å². The molecule has 1 nitrogen and oxygen atoms in total. The molecular formula is C14H23NS2. The molecule has 0 aliphatic heterocycles. The van der Waals surface area contributed by atoms with Crippen LogP contribution in [0.25, 0.3) is 0 Å². The van der Waals surface area contributed by atoms with E-state index < -0.39 is 0 Å². The molecule has 1 aromatic carbocycles. The van der Waals surface area contributed by atoms with Crippen molar-refractivity contribution in [2.24, 2.45) is 0 Å². The molecule has 3 heteroatoms. The average Bonchev–Trinajstić information content (AvgIpc) is 2.36. The van der Waals surface area contributed by atoms with E-state index in [0.29, 0.717) is 12.1 Å². The van der Waals surface area contributed by atoms with E-state index in [9.17, 15) is 0 Å². The van der Waals surface area contributed by atoms with Crippen LogP contribution in [0.5, 0.6) is 0 Å². The smallest absolute Gasteiger partial charge is 0.0294 e. The van der Waals surface area contributed by atoms with Gasteiger partial charge in [-0.05, 0) is 56.2 Å². The zero-order valence-electron chi connectivity index (χ0n) is 11.2. The number of hydrogen-bond acceptors (Lipinski definition) is 3. The summed E-state index contributed by atoms with van der Waals surface area (Å²) in [7, 11) is 0. The number of nitrogens with one attached hydrogen (secondary N) is 1. The van der Waals surface area contributed by atoms with E-state index in [1.165, 1.54) is 22.6 Å². The normalized spacial score (nSPS) is 14.6. The number of benzene rings is 1. The fraction of sp³-hybridized carbons (Fsp3) is 0.571. The lowest BCUT2D eigenvalue weighted by molar-refractivity contribution is 0.471. The molecule has 1 N–H and O–H groups in total. The van der Waals surface area contributed by atoms with Crippen LogP contribution in [0.2, 0.25) is 0 Å². The SMILES string of the molecule is CSCCC(C)NC(C)c1ccc(SC)cc1. The van der Waals surface area contributed by atoms with Crippen molar-refractivity contribution >= 4 is 23.5 Å². The molecule has 0 fully saturated rings. The van der Waals surface area contributed by atoms with Gasteiger partial charge in [-0.3, -0.25) is 0 Å². The minimum absolute atomic E-state index is 0.433. The van der Waals surface area contributed by atoms with Crippen LogP contribution >= 0.6 is 23.5 Å². The molecular weight excluding hydrogens is 246 g/mol. The van der Waals surface area contributed by atoms with Crippen molar-refractivity contribution in [2.75, 3.05) is 18.3 Å². The summed E-state index contributed by atoms with van der Waals surface area (Å²) in [6, 6.07) is 9.87. The van der Waals surface area contributed by atoms with E-state index in [-0.39, 0.29) is 0 Å². The standard InChI is InChI=1S/C14H23NS2/c1-11(9-10-16-3)15-12(2)13-5-7-14(17-4)8-6-13/h5-8,11-12,15H,9-10H2,1-4H3. The van der Waals surface area contributed by atoms with Gasteiger partial charge in [0.2, 0.25) is 0 Å². The number of rotatable bonds is 7. The van der Waals surface area contributed by atoms with E-state index >= 15 is 0 Å². The summed E-state index contributed by atoms with van der Waals surface area (Å²) in [5.41, 5.74) is 1.37. The van der Waals surface area contributed by atoms with Gasteiger partial charge in [0.15, 0.2) is 0 Å². The second-order valence-corrected chi connectivity index (χ2v) is 6.21. The quantitative estimate of drug-likeness (QED) is 0.745. The summed E-state index contributed by atoms with van der Waals surface area (Å²) in [4.78, 5) is 1.33. The van der Waals surface area contributed by atoms with Gasteiger partial charge in [-0.2, -0.15) is 11.8 Å². The highest BCUT2D eigenvalue weighted by molar-refractivity contribution is 7.98. The van der Waals surface area contributed by atoms with Gasteiger partial charge >= 0.3 is 0 Å². The molecule has 2 atom stereocenters. The first kappa shape index (κ1) is 14.9. The molecule has 0 saturated carbocycles. The third-order valence-electron chi connectivity index (χ3n) is 2.91. The molecule has 0 amide bonds. The maximum atomic E-state index is 3.65. The van der Waals surface area contributed by atoms with Gasteiger partial charge in [0.1, 0.15) is 0 Å². The van der Waals surface area contributed by atoms with Crippen molar-refractivity contribution < 1.29 is 0 Å². The number of thioether (sulfide) groups is 2. The highest BCUT2D eigenvalue weighted by atomic mass is 32.2. The summed E-state index contributed by atoms with van der Waals surface area (Å²) >= 11 is 3.71. The van der Waals surface area contributed by atoms with Crippen molar-refractivity contribution in [3.8, 4) is 0 Å². The Balaban J connectivity index is 2.47. The summed E-state index contributed by atoms with van der Waals surface area (Å²) in [6.07, 6.45) is 5.51. The molecule has 0 bridgehead atoms. The van der Waals surface area contributed by atoms with Gasteiger partial charge in [-0.15, -0.1) is 11.8 Å². The molecule has 0 heterocycles. The fourth-order valence-electron chi connectivity index (χ4n) is 1.79. The monoisotopic (exact) mass is 269 g/mol. The first-order chi connectivity index (χ1) is 8.17. The molecule has 1 aromatic rings. The Bertz CT molecular complexity index is 311. The molecule has 0 spiro atoms. The second-order valence-electron chi connectivity index (χ2n) is 4.34. The molecule has 0 aromatic heterocycles. The third-order valence-corrected chi connectivity index (χ3v) is 4.29. The molecule has 0 radical (unpaired) electrons. The van der Waals surface area contributed by atoms with Gasteiger partial charge in [-0.1, -0.05) is 12.1 Å². The molecule has 17 heavy (non-hydrogen) atoms. The van der Waals surface area contributed by atoms with Crippen LogP contribution in [0, 0.1) is 0 Å². The van der Waals surface area contributed by atoms with Crippen LogP contribution in [0.3, 0.4) is 0 Å². The van der Waals surface area contributed by atoms with Gasteiger partial charge in [0, 0.05) is 17.0 Å². The molecule has 1 rings (SSSR count). The molecule has 0 aliphatic carbocycles. The van der Waals surface area contributed by atoms with Crippen molar-refractivity contribution in [1.29, 1.82) is 0 Å². The highest BCUT2D eigenvalue weighted by Crippen LogP contribution is 2.19. The van der Waals surface area contributed by atoms with Gasteiger partial charge in [0.05, 0.1) is 0 Å². The summed E-state index contributed by atoms with van der Waals surface area (Å²) in [5, 5.41) is 3.65. The highest BCUT2D eigenvalue weighted by Gasteiger charge is 2.08. The molecule has 0 saturated heterocycles. The maximum absolute atomic E-state index is 3.65. The Hall–Kier alpha value is -0.120. The van der Waals surface area contributed by atoms with Gasteiger partial charge in [0.25, 0.3) is 0 Å². The summed E-state index contributed by atoms with van der Waals surface area (Å²) < 4.78 is 0. The van der Waals surface area contributed by atoms with Crippen LogP contribution in [0.15, 0.2) is 29.2 Å². The lowest BCUT2D eigenvalue weighted by atomic mass is 10.1. The minimum atomic E-state index is 0.433. The summed E-state index contributed by atoms with van der Waals surface area (Å²) in [6.45, 7) is 4.51. The van der Waals surface area contributed by atoms with E-state index in [2.05, 4.69) is 55.9 Å². The Morgan fingerprint density at radius 2 is 1.76 bits per heavy atom. The molecule has 0 aliphatic rings. The zero-order chi connectivity index (χ0) is 12.7. The Kier molecular flexibility index (Phi) is 7.09.